The molecule has 9 heteroatoms. The van der Waals surface area contributed by atoms with Crippen LogP contribution in [-0.4, -0.2) is 34.2 Å². The molecule has 1 aliphatic rings. The number of aromatic amines is 1. The van der Waals surface area contributed by atoms with Crippen molar-refractivity contribution in [2.24, 2.45) is 5.92 Å². The summed E-state index contributed by atoms with van der Waals surface area (Å²) in [6.07, 6.45) is 4.93. The van der Waals surface area contributed by atoms with E-state index >= 15 is 0 Å². The van der Waals surface area contributed by atoms with E-state index in [9.17, 15) is 13.2 Å². The van der Waals surface area contributed by atoms with Crippen LogP contribution in [0.5, 0.6) is 0 Å². The number of imidazole rings is 1. The van der Waals surface area contributed by atoms with Gasteiger partial charge in [-0.15, -0.1) is 0 Å². The van der Waals surface area contributed by atoms with Crippen LogP contribution >= 0.6 is 0 Å². The predicted octanol–water partition coefficient (Wildman–Crippen LogP) is 1.57. The van der Waals surface area contributed by atoms with Gasteiger partial charge in [0.15, 0.2) is 11.3 Å². The minimum Gasteiger partial charge on any atom is -0.289 e. The van der Waals surface area contributed by atoms with Crippen molar-refractivity contribution in [1.29, 1.82) is 0 Å². The first-order chi connectivity index (χ1) is 11.9. The van der Waals surface area contributed by atoms with Crippen molar-refractivity contribution < 1.29 is 8.42 Å². The van der Waals surface area contributed by atoms with Crippen molar-refractivity contribution in [3.63, 3.8) is 0 Å². The monoisotopic (exact) mass is 359 g/mol. The molecule has 130 valence electrons. The Hall–Kier alpha value is -2.68. The van der Waals surface area contributed by atoms with Gasteiger partial charge in [0.1, 0.15) is 0 Å². The molecule has 0 aliphatic heterocycles. The quantitative estimate of drug-likeness (QED) is 0.718. The van der Waals surface area contributed by atoms with E-state index in [4.69, 9.17) is 0 Å². The number of H-pyrrole nitrogens is 1. The number of hydrogen-bond donors (Lipinski definition) is 2. The molecule has 0 atom stereocenters. The lowest BCUT2D eigenvalue weighted by Gasteiger charge is -2.07. The van der Waals surface area contributed by atoms with Gasteiger partial charge in [-0.05, 0) is 30.9 Å². The fraction of sp³-hybridized carbons (Fsp3) is 0.312. The van der Waals surface area contributed by atoms with Gasteiger partial charge in [-0.3, -0.25) is 14.3 Å². The van der Waals surface area contributed by atoms with E-state index in [0.29, 0.717) is 35.1 Å². The SMILES string of the molecule is CS(=O)(=O)Nc1cccc(-c2cnc3[nH]c(=O)n(CC4CC4)c3n2)c1. The standard InChI is InChI=1S/C16H17N5O3S/c1-25(23,24)20-12-4-2-3-11(7-12)13-8-17-14-15(18-13)21(16(22)19-14)9-10-5-6-10/h2-4,7-8,10,20H,5-6,9H2,1H3,(H,17,19,22). The van der Waals surface area contributed by atoms with Crippen LogP contribution in [0.4, 0.5) is 5.69 Å². The molecule has 3 aromatic rings. The summed E-state index contributed by atoms with van der Waals surface area (Å²) < 4.78 is 26.9. The molecule has 0 radical (unpaired) electrons. The molecule has 8 nitrogen and oxygen atoms in total. The van der Waals surface area contributed by atoms with Crippen molar-refractivity contribution in [2.75, 3.05) is 11.0 Å². The Balaban J connectivity index is 1.76. The fourth-order valence-corrected chi connectivity index (χ4v) is 3.30. The fourth-order valence-electron chi connectivity index (χ4n) is 2.74. The number of anilines is 1. The van der Waals surface area contributed by atoms with Crippen LogP contribution in [0.2, 0.25) is 0 Å². The summed E-state index contributed by atoms with van der Waals surface area (Å²) in [5, 5.41) is 0. The van der Waals surface area contributed by atoms with E-state index in [-0.39, 0.29) is 5.69 Å². The van der Waals surface area contributed by atoms with Crippen LogP contribution in [0, 0.1) is 5.92 Å². The molecule has 0 bridgehead atoms. The van der Waals surface area contributed by atoms with E-state index in [2.05, 4.69) is 19.7 Å². The minimum absolute atomic E-state index is 0.202. The Labute approximate surface area is 144 Å². The van der Waals surface area contributed by atoms with Gasteiger partial charge in [-0.1, -0.05) is 12.1 Å². The lowest BCUT2D eigenvalue weighted by atomic mass is 10.1. The smallest absolute Gasteiger partial charge is 0.289 e. The Morgan fingerprint density at radius 1 is 1.36 bits per heavy atom. The average Bonchev–Trinajstić information content (AvgIpc) is 3.30. The molecule has 2 aromatic heterocycles. The Kier molecular flexibility index (Phi) is 3.60. The van der Waals surface area contributed by atoms with E-state index < -0.39 is 10.0 Å². The highest BCUT2D eigenvalue weighted by molar-refractivity contribution is 7.92. The van der Waals surface area contributed by atoms with E-state index in [1.54, 1.807) is 29.0 Å². The van der Waals surface area contributed by atoms with Crippen LogP contribution in [-0.2, 0) is 16.6 Å². The largest absolute Gasteiger partial charge is 0.328 e. The highest BCUT2D eigenvalue weighted by Crippen LogP contribution is 2.31. The number of benzene rings is 1. The molecule has 4 rings (SSSR count). The second kappa shape index (κ2) is 5.69. The summed E-state index contributed by atoms with van der Waals surface area (Å²) in [6.45, 7) is 0.645. The molecule has 1 aliphatic carbocycles. The molecule has 25 heavy (non-hydrogen) atoms. The summed E-state index contributed by atoms with van der Waals surface area (Å²) in [4.78, 5) is 23.7. The number of rotatable bonds is 5. The van der Waals surface area contributed by atoms with Crippen LogP contribution in [0.3, 0.4) is 0 Å². The molecule has 0 unspecified atom stereocenters. The Bertz CT molecular complexity index is 1110. The number of hydrogen-bond acceptors (Lipinski definition) is 5. The zero-order chi connectivity index (χ0) is 17.6. The van der Waals surface area contributed by atoms with Gasteiger partial charge in [-0.2, -0.15) is 0 Å². The van der Waals surface area contributed by atoms with Crippen molar-refractivity contribution >= 4 is 27.0 Å². The van der Waals surface area contributed by atoms with E-state index in [0.717, 1.165) is 24.7 Å². The number of nitrogens with one attached hydrogen (secondary N) is 2. The molecule has 2 heterocycles. The van der Waals surface area contributed by atoms with Gasteiger partial charge >= 0.3 is 5.69 Å². The number of aromatic nitrogens is 4. The summed E-state index contributed by atoms with van der Waals surface area (Å²) in [7, 11) is -3.36. The number of nitrogens with zero attached hydrogens (tertiary/aromatic N) is 3. The molecule has 0 saturated heterocycles. The first-order valence-corrected chi connectivity index (χ1v) is 9.82. The molecule has 1 aromatic carbocycles. The maximum absolute atomic E-state index is 12.1. The van der Waals surface area contributed by atoms with Crippen molar-refractivity contribution in [1.82, 2.24) is 19.5 Å². The lowest BCUT2D eigenvalue weighted by Crippen LogP contribution is -2.18. The van der Waals surface area contributed by atoms with E-state index in [1.807, 2.05) is 6.07 Å². The number of fused-ring (bicyclic) bond motifs is 1. The maximum atomic E-state index is 12.1. The normalized spacial score (nSPS) is 14.8. The Morgan fingerprint density at radius 2 is 2.16 bits per heavy atom. The highest BCUT2D eigenvalue weighted by Gasteiger charge is 2.24. The highest BCUT2D eigenvalue weighted by atomic mass is 32.2. The first kappa shape index (κ1) is 15.8. The molecular formula is C16H17N5O3S. The third kappa shape index (κ3) is 3.41. The molecule has 1 saturated carbocycles. The van der Waals surface area contributed by atoms with Gasteiger partial charge in [0.05, 0.1) is 18.1 Å². The Morgan fingerprint density at radius 3 is 2.88 bits per heavy atom. The molecule has 2 N–H and O–H groups in total. The zero-order valence-electron chi connectivity index (χ0n) is 13.6. The van der Waals surface area contributed by atoms with Crippen molar-refractivity contribution in [3.8, 4) is 11.3 Å². The number of sulfonamides is 1. The molecule has 0 amide bonds. The molecule has 1 fully saturated rings. The van der Waals surface area contributed by atoms with Gasteiger partial charge < -0.3 is 0 Å². The van der Waals surface area contributed by atoms with Gasteiger partial charge in [0.25, 0.3) is 0 Å². The topological polar surface area (TPSA) is 110 Å². The summed E-state index contributed by atoms with van der Waals surface area (Å²) >= 11 is 0. The predicted molar refractivity (Wildman–Crippen MR) is 94.8 cm³/mol. The van der Waals surface area contributed by atoms with Crippen molar-refractivity contribution in [3.05, 3.63) is 40.9 Å². The maximum Gasteiger partial charge on any atom is 0.328 e. The third-order valence-electron chi connectivity index (χ3n) is 4.08. The molecular weight excluding hydrogens is 342 g/mol. The average molecular weight is 359 g/mol. The lowest BCUT2D eigenvalue weighted by molar-refractivity contribution is 0.607. The molecule has 0 spiro atoms. The second-order valence-corrected chi connectivity index (χ2v) is 8.12. The van der Waals surface area contributed by atoms with E-state index in [1.165, 1.54) is 0 Å². The minimum atomic E-state index is -3.36. The summed E-state index contributed by atoms with van der Waals surface area (Å²) in [6, 6.07) is 6.91. The van der Waals surface area contributed by atoms with Gasteiger partial charge in [0, 0.05) is 17.8 Å². The summed E-state index contributed by atoms with van der Waals surface area (Å²) in [5.41, 5.74) is 2.52. The van der Waals surface area contributed by atoms with Crippen LogP contribution in [0.25, 0.3) is 22.6 Å². The van der Waals surface area contributed by atoms with Crippen LogP contribution in [0.1, 0.15) is 12.8 Å². The van der Waals surface area contributed by atoms with Gasteiger partial charge in [-0.25, -0.2) is 23.2 Å². The summed E-state index contributed by atoms with van der Waals surface area (Å²) in [5.74, 6) is 0.532. The zero-order valence-corrected chi connectivity index (χ0v) is 14.4. The third-order valence-corrected chi connectivity index (χ3v) is 4.69. The second-order valence-electron chi connectivity index (χ2n) is 6.37. The first-order valence-electron chi connectivity index (χ1n) is 7.93. The van der Waals surface area contributed by atoms with Crippen LogP contribution in [0.15, 0.2) is 35.3 Å². The van der Waals surface area contributed by atoms with Crippen LogP contribution < -0.4 is 10.4 Å². The van der Waals surface area contributed by atoms with Gasteiger partial charge in [0.2, 0.25) is 10.0 Å². The van der Waals surface area contributed by atoms with Crippen molar-refractivity contribution in [2.45, 2.75) is 19.4 Å².